The van der Waals surface area contributed by atoms with E-state index in [0.717, 1.165) is 75.5 Å². The Bertz CT molecular complexity index is 1060. The predicted molar refractivity (Wildman–Crippen MR) is 293 cm³/mol. The van der Waals surface area contributed by atoms with E-state index >= 15 is 0 Å². The molecule has 404 valence electrons. The van der Waals surface area contributed by atoms with Crippen molar-refractivity contribution in [2.45, 2.75) is 349 Å². The van der Waals surface area contributed by atoms with E-state index in [1.165, 1.54) is 225 Å². The Morgan fingerprint density at radius 1 is 0.294 bits per heavy atom. The minimum atomic E-state index is -0.764. The van der Waals surface area contributed by atoms with Crippen LogP contribution in [0.1, 0.15) is 343 Å². The third-order valence-corrected chi connectivity index (χ3v) is 14.5. The van der Waals surface area contributed by atoms with Gasteiger partial charge in [0.25, 0.3) is 0 Å². The zero-order valence-electron chi connectivity index (χ0n) is 46.9. The molecule has 6 nitrogen and oxygen atoms in total. The lowest BCUT2D eigenvalue weighted by molar-refractivity contribution is -0.167. The maximum atomic E-state index is 12.9. The summed E-state index contributed by atoms with van der Waals surface area (Å²) in [5.74, 6) is 1.73. The van der Waals surface area contributed by atoms with E-state index in [1.54, 1.807) is 0 Å². The predicted octanol–water partition coefficient (Wildman–Crippen LogP) is 20.3. The molecule has 0 rings (SSSR count). The third-order valence-electron chi connectivity index (χ3n) is 14.5. The third kappa shape index (κ3) is 53.8. The topological polar surface area (TPSA) is 78.9 Å². The summed E-state index contributed by atoms with van der Waals surface area (Å²) in [7, 11) is 0. The standard InChI is InChI=1S/C62H120O6/c1-7-58(6)50-44-38-32-26-22-23-29-35-41-47-53-62(65)68-59(55-67-61(64)52-46-40-34-28-21-17-13-12-15-19-25-31-37-43-49-57(4)5)54-66-60(63)51-45-39-33-27-20-16-11-9-8-10-14-18-24-30-36-42-48-56(2)3/h56-59H,7-55H2,1-6H3/t58?,59-/m0/s1. The minimum Gasteiger partial charge on any atom is -0.462 e. The van der Waals surface area contributed by atoms with Crippen molar-refractivity contribution in [2.24, 2.45) is 17.8 Å². The molecule has 6 heteroatoms. The second-order valence-corrected chi connectivity index (χ2v) is 22.5. The van der Waals surface area contributed by atoms with E-state index in [2.05, 4.69) is 41.5 Å². The fourth-order valence-corrected chi connectivity index (χ4v) is 9.50. The van der Waals surface area contributed by atoms with Crippen LogP contribution >= 0.6 is 0 Å². The normalized spacial score (nSPS) is 12.5. The molecule has 2 atom stereocenters. The number of rotatable bonds is 55. The molecule has 1 unspecified atom stereocenters. The second-order valence-electron chi connectivity index (χ2n) is 22.5. The number of unbranched alkanes of at least 4 members (excludes halogenated alkanes) is 37. The number of carbonyl (C=O) groups is 3. The number of hydrogen-bond donors (Lipinski definition) is 0. The maximum Gasteiger partial charge on any atom is 0.306 e. The monoisotopic (exact) mass is 961 g/mol. The van der Waals surface area contributed by atoms with Crippen molar-refractivity contribution in [3.05, 3.63) is 0 Å². The highest BCUT2D eigenvalue weighted by Gasteiger charge is 2.19. The van der Waals surface area contributed by atoms with Crippen LogP contribution in [0, 0.1) is 17.8 Å². The lowest BCUT2D eigenvalue weighted by atomic mass is 9.99. The Balaban J connectivity index is 4.28. The van der Waals surface area contributed by atoms with Crippen LogP contribution in [-0.4, -0.2) is 37.2 Å². The van der Waals surface area contributed by atoms with Crippen LogP contribution in [0.5, 0.6) is 0 Å². The highest BCUT2D eigenvalue weighted by atomic mass is 16.6. The molecular formula is C62H120O6. The first-order valence-electron chi connectivity index (χ1n) is 30.6. The summed E-state index contributed by atoms with van der Waals surface area (Å²) in [5, 5.41) is 0. The summed E-state index contributed by atoms with van der Waals surface area (Å²) in [6.07, 6.45) is 56.6. The van der Waals surface area contributed by atoms with Crippen molar-refractivity contribution < 1.29 is 28.6 Å². The molecule has 0 aromatic heterocycles. The van der Waals surface area contributed by atoms with Gasteiger partial charge in [-0.05, 0) is 37.0 Å². The molecule has 0 N–H and O–H groups in total. The molecule has 0 aromatic rings. The van der Waals surface area contributed by atoms with Gasteiger partial charge in [-0.1, -0.05) is 305 Å². The summed E-state index contributed by atoms with van der Waals surface area (Å²) in [6.45, 7) is 13.8. The van der Waals surface area contributed by atoms with Crippen LogP contribution in [0.15, 0.2) is 0 Å². The van der Waals surface area contributed by atoms with Gasteiger partial charge in [-0.2, -0.15) is 0 Å². The molecule has 0 saturated carbocycles. The molecule has 0 heterocycles. The number of ether oxygens (including phenoxy) is 3. The number of carbonyl (C=O) groups excluding carboxylic acids is 3. The molecule has 0 fully saturated rings. The van der Waals surface area contributed by atoms with Gasteiger partial charge in [-0.25, -0.2) is 0 Å². The molecule has 0 aliphatic heterocycles. The van der Waals surface area contributed by atoms with Crippen LogP contribution in [0.25, 0.3) is 0 Å². The largest absolute Gasteiger partial charge is 0.462 e. The Hall–Kier alpha value is -1.59. The average molecular weight is 962 g/mol. The van der Waals surface area contributed by atoms with Crippen LogP contribution < -0.4 is 0 Å². The summed E-state index contributed by atoms with van der Waals surface area (Å²) >= 11 is 0. The summed E-state index contributed by atoms with van der Waals surface area (Å²) in [5.41, 5.74) is 0. The van der Waals surface area contributed by atoms with E-state index in [0.29, 0.717) is 19.3 Å². The molecule has 0 spiro atoms. The first kappa shape index (κ1) is 66.4. The number of esters is 3. The Morgan fingerprint density at radius 3 is 0.765 bits per heavy atom. The quantitative estimate of drug-likeness (QED) is 0.0343. The highest BCUT2D eigenvalue weighted by Crippen LogP contribution is 2.19. The van der Waals surface area contributed by atoms with Crippen molar-refractivity contribution in [1.82, 2.24) is 0 Å². The van der Waals surface area contributed by atoms with Crippen LogP contribution in [0.4, 0.5) is 0 Å². The van der Waals surface area contributed by atoms with Gasteiger partial charge in [-0.15, -0.1) is 0 Å². The summed E-state index contributed by atoms with van der Waals surface area (Å²) in [4.78, 5) is 38.2. The summed E-state index contributed by atoms with van der Waals surface area (Å²) < 4.78 is 16.9. The van der Waals surface area contributed by atoms with Gasteiger partial charge in [0, 0.05) is 19.3 Å². The minimum absolute atomic E-state index is 0.0631. The van der Waals surface area contributed by atoms with E-state index in [1.807, 2.05) is 0 Å². The Labute approximate surface area is 425 Å². The van der Waals surface area contributed by atoms with Gasteiger partial charge >= 0.3 is 17.9 Å². The Morgan fingerprint density at radius 2 is 0.515 bits per heavy atom. The average Bonchev–Trinajstić information content (AvgIpc) is 3.31. The van der Waals surface area contributed by atoms with E-state index < -0.39 is 6.10 Å². The lowest BCUT2D eigenvalue weighted by Crippen LogP contribution is -2.30. The van der Waals surface area contributed by atoms with E-state index in [4.69, 9.17) is 14.2 Å². The van der Waals surface area contributed by atoms with Gasteiger partial charge in [0.1, 0.15) is 13.2 Å². The van der Waals surface area contributed by atoms with Crippen molar-refractivity contribution >= 4 is 17.9 Å². The van der Waals surface area contributed by atoms with Gasteiger partial charge in [0.15, 0.2) is 6.10 Å². The smallest absolute Gasteiger partial charge is 0.306 e. The van der Waals surface area contributed by atoms with E-state index in [-0.39, 0.29) is 31.1 Å². The summed E-state index contributed by atoms with van der Waals surface area (Å²) in [6, 6.07) is 0. The van der Waals surface area contributed by atoms with Gasteiger partial charge in [0.05, 0.1) is 0 Å². The van der Waals surface area contributed by atoms with Crippen molar-refractivity contribution in [3.63, 3.8) is 0 Å². The molecule has 0 radical (unpaired) electrons. The van der Waals surface area contributed by atoms with E-state index in [9.17, 15) is 14.4 Å². The molecular weight excluding hydrogens is 841 g/mol. The fraction of sp³-hybridized carbons (Fsp3) is 0.952. The number of hydrogen-bond acceptors (Lipinski definition) is 6. The van der Waals surface area contributed by atoms with Gasteiger partial charge < -0.3 is 14.2 Å². The zero-order chi connectivity index (χ0) is 49.8. The van der Waals surface area contributed by atoms with Crippen molar-refractivity contribution in [3.8, 4) is 0 Å². The fourth-order valence-electron chi connectivity index (χ4n) is 9.50. The molecule has 0 aliphatic carbocycles. The van der Waals surface area contributed by atoms with Gasteiger partial charge in [-0.3, -0.25) is 14.4 Å². The zero-order valence-corrected chi connectivity index (χ0v) is 46.9. The van der Waals surface area contributed by atoms with Crippen LogP contribution in [-0.2, 0) is 28.6 Å². The Kier molecular flexibility index (Phi) is 52.0. The first-order valence-corrected chi connectivity index (χ1v) is 30.6. The molecule has 0 amide bonds. The van der Waals surface area contributed by atoms with Gasteiger partial charge in [0.2, 0.25) is 0 Å². The second kappa shape index (κ2) is 53.2. The molecule has 0 bridgehead atoms. The highest BCUT2D eigenvalue weighted by molar-refractivity contribution is 5.71. The molecule has 0 saturated heterocycles. The SMILES string of the molecule is CCC(C)CCCCCCCCCCCCC(=O)O[C@@H](COC(=O)CCCCCCCCCCCCCCCCCCC(C)C)COC(=O)CCCCCCCCCCCCCCCCC(C)C. The van der Waals surface area contributed by atoms with Crippen LogP contribution in [0.3, 0.4) is 0 Å². The van der Waals surface area contributed by atoms with Crippen molar-refractivity contribution in [1.29, 1.82) is 0 Å². The lowest BCUT2D eigenvalue weighted by Gasteiger charge is -2.18. The van der Waals surface area contributed by atoms with Crippen molar-refractivity contribution in [2.75, 3.05) is 13.2 Å². The first-order chi connectivity index (χ1) is 33.1. The van der Waals surface area contributed by atoms with Crippen LogP contribution in [0.2, 0.25) is 0 Å². The molecule has 68 heavy (non-hydrogen) atoms. The molecule has 0 aliphatic rings. The molecule has 0 aromatic carbocycles. The maximum absolute atomic E-state index is 12.9.